The molecule has 1 aromatic heterocycles. The van der Waals surface area contributed by atoms with Crippen LogP contribution in [0.2, 0.25) is 0 Å². The lowest BCUT2D eigenvalue weighted by atomic mass is 10.2. The van der Waals surface area contributed by atoms with Crippen LogP contribution in [0.25, 0.3) is 10.9 Å². The summed E-state index contributed by atoms with van der Waals surface area (Å²) in [5.41, 5.74) is 2.60. The first-order valence-electron chi connectivity index (χ1n) is 5.13. The molecule has 3 heteroatoms. The number of halogens is 1. The van der Waals surface area contributed by atoms with Gasteiger partial charge in [0.05, 0.1) is 0 Å². The molecular weight excluding hydrogens is 252 g/mol. The number of nitrogens with one attached hydrogen (secondary N) is 1. The van der Waals surface area contributed by atoms with E-state index in [1.807, 2.05) is 7.05 Å². The van der Waals surface area contributed by atoms with E-state index < -0.39 is 0 Å². The van der Waals surface area contributed by atoms with Crippen molar-refractivity contribution in [3.63, 3.8) is 0 Å². The number of aromatic nitrogens is 1. The zero-order valence-corrected chi connectivity index (χ0v) is 10.6. The minimum Gasteiger partial charge on any atom is -0.342 e. The van der Waals surface area contributed by atoms with Crippen molar-refractivity contribution in [2.24, 2.45) is 0 Å². The second-order valence-electron chi connectivity index (χ2n) is 3.67. The maximum Gasteiger partial charge on any atom is 0.0494 e. The molecule has 2 rings (SSSR count). The van der Waals surface area contributed by atoms with Gasteiger partial charge in [0.15, 0.2) is 0 Å². The van der Waals surface area contributed by atoms with Gasteiger partial charge in [0.25, 0.3) is 0 Å². The van der Waals surface area contributed by atoms with Gasteiger partial charge in [-0.05, 0) is 36.0 Å². The lowest BCUT2D eigenvalue weighted by Crippen LogP contribution is -2.15. The third-order valence-corrected chi connectivity index (χ3v) is 3.74. The fraction of sp³-hybridized carbons (Fsp3) is 0.333. The van der Waals surface area contributed by atoms with Gasteiger partial charge in [-0.3, -0.25) is 0 Å². The topological polar surface area (TPSA) is 17.0 Å². The Morgan fingerprint density at radius 1 is 1.33 bits per heavy atom. The Kier molecular flexibility index (Phi) is 3.12. The lowest BCUT2D eigenvalue weighted by Gasteiger charge is -2.07. The Morgan fingerprint density at radius 2 is 2.07 bits per heavy atom. The molecule has 0 atom stereocenters. The summed E-state index contributed by atoms with van der Waals surface area (Å²) in [5.74, 6) is 0. The van der Waals surface area contributed by atoms with Crippen molar-refractivity contribution in [2.75, 3.05) is 13.6 Å². The van der Waals surface area contributed by atoms with Crippen LogP contribution in [0.1, 0.15) is 5.69 Å². The summed E-state index contributed by atoms with van der Waals surface area (Å²) in [6.45, 7) is 4.15. The van der Waals surface area contributed by atoms with E-state index >= 15 is 0 Å². The molecule has 1 heterocycles. The number of benzene rings is 1. The van der Waals surface area contributed by atoms with Crippen LogP contribution in [0.15, 0.2) is 28.7 Å². The van der Waals surface area contributed by atoms with E-state index in [2.05, 4.69) is 57.0 Å². The van der Waals surface area contributed by atoms with Gasteiger partial charge in [0.2, 0.25) is 0 Å². The zero-order valence-electron chi connectivity index (χ0n) is 9.05. The van der Waals surface area contributed by atoms with Gasteiger partial charge in [0, 0.05) is 34.2 Å². The summed E-state index contributed by atoms with van der Waals surface area (Å²) >= 11 is 3.65. The van der Waals surface area contributed by atoms with Crippen LogP contribution in [-0.4, -0.2) is 18.2 Å². The zero-order chi connectivity index (χ0) is 10.8. The normalized spacial score (nSPS) is 11.1. The van der Waals surface area contributed by atoms with Gasteiger partial charge in [-0.1, -0.05) is 18.2 Å². The number of nitrogens with zero attached hydrogens (tertiary/aromatic N) is 1. The van der Waals surface area contributed by atoms with Crippen molar-refractivity contribution in [1.82, 2.24) is 9.88 Å². The quantitative estimate of drug-likeness (QED) is 0.904. The fourth-order valence-electron chi connectivity index (χ4n) is 1.90. The highest BCUT2D eigenvalue weighted by Crippen LogP contribution is 2.30. The average Bonchev–Trinajstić information content (AvgIpc) is 2.51. The number of para-hydroxylation sites is 1. The van der Waals surface area contributed by atoms with Crippen LogP contribution in [-0.2, 0) is 6.54 Å². The van der Waals surface area contributed by atoms with Crippen molar-refractivity contribution in [1.29, 1.82) is 0 Å². The largest absolute Gasteiger partial charge is 0.342 e. The van der Waals surface area contributed by atoms with E-state index in [0.29, 0.717) is 0 Å². The van der Waals surface area contributed by atoms with Gasteiger partial charge in [0.1, 0.15) is 0 Å². The second kappa shape index (κ2) is 4.37. The van der Waals surface area contributed by atoms with Gasteiger partial charge < -0.3 is 9.88 Å². The van der Waals surface area contributed by atoms with Crippen molar-refractivity contribution in [2.45, 2.75) is 13.5 Å². The molecule has 80 valence electrons. The maximum absolute atomic E-state index is 3.65. The molecule has 0 saturated carbocycles. The van der Waals surface area contributed by atoms with Crippen LogP contribution in [0.4, 0.5) is 0 Å². The van der Waals surface area contributed by atoms with Gasteiger partial charge in [-0.2, -0.15) is 0 Å². The van der Waals surface area contributed by atoms with E-state index in [9.17, 15) is 0 Å². The van der Waals surface area contributed by atoms with Crippen molar-refractivity contribution in [3.8, 4) is 0 Å². The molecule has 0 aliphatic rings. The Morgan fingerprint density at radius 3 is 2.80 bits per heavy atom. The van der Waals surface area contributed by atoms with E-state index in [4.69, 9.17) is 0 Å². The van der Waals surface area contributed by atoms with Gasteiger partial charge in [-0.25, -0.2) is 0 Å². The number of fused-ring (bicyclic) bond motifs is 1. The molecule has 1 N–H and O–H groups in total. The molecule has 15 heavy (non-hydrogen) atoms. The summed E-state index contributed by atoms with van der Waals surface area (Å²) < 4.78 is 3.56. The maximum atomic E-state index is 3.65. The van der Waals surface area contributed by atoms with Crippen LogP contribution in [0, 0.1) is 6.92 Å². The molecule has 0 bridgehead atoms. The molecule has 0 fully saturated rings. The van der Waals surface area contributed by atoms with Crippen LogP contribution >= 0.6 is 15.9 Å². The summed E-state index contributed by atoms with van der Waals surface area (Å²) in [6.07, 6.45) is 0. The third-order valence-electron chi connectivity index (χ3n) is 2.74. The van der Waals surface area contributed by atoms with E-state index in [-0.39, 0.29) is 0 Å². The van der Waals surface area contributed by atoms with Crippen molar-refractivity contribution < 1.29 is 0 Å². The van der Waals surface area contributed by atoms with E-state index in [0.717, 1.165) is 13.1 Å². The number of hydrogen-bond acceptors (Lipinski definition) is 1. The second-order valence-corrected chi connectivity index (χ2v) is 4.46. The molecule has 2 aromatic rings. The summed E-state index contributed by atoms with van der Waals surface area (Å²) in [4.78, 5) is 0. The van der Waals surface area contributed by atoms with Gasteiger partial charge >= 0.3 is 0 Å². The molecule has 0 aliphatic carbocycles. The van der Waals surface area contributed by atoms with Crippen molar-refractivity contribution >= 4 is 26.8 Å². The van der Waals surface area contributed by atoms with E-state index in [1.165, 1.54) is 21.1 Å². The number of hydrogen-bond donors (Lipinski definition) is 1. The summed E-state index contributed by atoms with van der Waals surface area (Å²) in [5, 5.41) is 4.48. The summed E-state index contributed by atoms with van der Waals surface area (Å²) in [6, 6.07) is 8.49. The molecule has 0 unspecified atom stereocenters. The lowest BCUT2D eigenvalue weighted by molar-refractivity contribution is 0.649. The van der Waals surface area contributed by atoms with Crippen LogP contribution in [0.5, 0.6) is 0 Å². The summed E-state index contributed by atoms with van der Waals surface area (Å²) in [7, 11) is 1.98. The molecular formula is C12H15BrN2. The van der Waals surface area contributed by atoms with Crippen LogP contribution < -0.4 is 5.32 Å². The Bertz CT molecular complexity index is 474. The third kappa shape index (κ3) is 1.82. The SMILES string of the molecule is CNCCn1c(C)c(Br)c2ccccc21. The highest BCUT2D eigenvalue weighted by molar-refractivity contribution is 9.10. The highest BCUT2D eigenvalue weighted by atomic mass is 79.9. The first kappa shape index (κ1) is 10.7. The Labute approximate surface area is 98.4 Å². The Balaban J connectivity index is 2.56. The molecule has 2 nitrogen and oxygen atoms in total. The monoisotopic (exact) mass is 266 g/mol. The van der Waals surface area contributed by atoms with Gasteiger partial charge in [-0.15, -0.1) is 0 Å². The average molecular weight is 267 g/mol. The Hall–Kier alpha value is -0.800. The molecule has 0 saturated heterocycles. The molecule has 0 amide bonds. The number of likely N-dealkylation sites (N-methyl/N-ethyl adjacent to an activating group) is 1. The molecule has 0 radical (unpaired) electrons. The predicted octanol–water partition coefficient (Wildman–Crippen LogP) is 2.93. The number of rotatable bonds is 3. The van der Waals surface area contributed by atoms with Crippen molar-refractivity contribution in [3.05, 3.63) is 34.4 Å². The smallest absolute Gasteiger partial charge is 0.0494 e. The minimum absolute atomic E-state index is 0.992. The molecule has 0 spiro atoms. The fourth-order valence-corrected chi connectivity index (χ4v) is 2.45. The minimum atomic E-state index is 0.992. The first-order chi connectivity index (χ1) is 7.25. The highest BCUT2D eigenvalue weighted by Gasteiger charge is 2.10. The molecule has 1 aromatic carbocycles. The molecule has 0 aliphatic heterocycles. The van der Waals surface area contributed by atoms with Crippen LogP contribution in [0.3, 0.4) is 0 Å². The first-order valence-corrected chi connectivity index (χ1v) is 5.93. The predicted molar refractivity (Wildman–Crippen MR) is 68.3 cm³/mol. The standard InChI is InChI=1S/C12H15BrN2/c1-9-12(13)10-5-3-4-6-11(10)15(9)8-7-14-2/h3-6,14H,7-8H2,1-2H3. The van der Waals surface area contributed by atoms with E-state index in [1.54, 1.807) is 0 Å².